The van der Waals surface area contributed by atoms with Crippen molar-refractivity contribution in [1.29, 1.82) is 0 Å². The summed E-state index contributed by atoms with van der Waals surface area (Å²) in [7, 11) is 0. The number of carboxylic acids is 1. The Morgan fingerprint density at radius 3 is 1.81 bits per heavy atom. The molecule has 0 radical (unpaired) electrons. The van der Waals surface area contributed by atoms with Gasteiger partial charge in [-0.15, -0.1) is 5.10 Å². The molecule has 79 heavy (non-hydrogen) atoms. The number of para-hydroxylation sites is 1. The van der Waals surface area contributed by atoms with E-state index in [0.29, 0.717) is 83.2 Å². The minimum atomic E-state index is -1.31. The molecular formula is C55H58FN14NaO8. The van der Waals surface area contributed by atoms with Crippen molar-refractivity contribution in [3.63, 3.8) is 0 Å². The van der Waals surface area contributed by atoms with Crippen molar-refractivity contribution in [1.82, 2.24) is 63.8 Å². The van der Waals surface area contributed by atoms with E-state index in [2.05, 4.69) is 50.7 Å². The summed E-state index contributed by atoms with van der Waals surface area (Å²) in [5.74, 6) is 1.06. The molecule has 1 amide bonds. The van der Waals surface area contributed by atoms with Crippen LogP contribution in [0.3, 0.4) is 0 Å². The van der Waals surface area contributed by atoms with Gasteiger partial charge in [-0.25, -0.2) is 38.8 Å². The van der Waals surface area contributed by atoms with Gasteiger partial charge >= 0.3 is 35.5 Å². The number of aromatic nitrogens is 13. The van der Waals surface area contributed by atoms with Crippen LogP contribution in [0.2, 0.25) is 0 Å². The second-order valence-corrected chi connectivity index (χ2v) is 19.9. The minimum absolute atomic E-state index is 0. The Morgan fingerprint density at radius 2 is 1.27 bits per heavy atom. The second-order valence-electron chi connectivity index (χ2n) is 19.9. The Morgan fingerprint density at radius 1 is 0.734 bits per heavy atom. The number of fused-ring (bicyclic) bond motifs is 3. The third-order valence-electron chi connectivity index (χ3n) is 12.9. The number of imidazole rings is 3. The van der Waals surface area contributed by atoms with Gasteiger partial charge in [0.2, 0.25) is 0 Å². The number of halogens is 1. The standard InChI is InChI=1S/C24H24N8O3.C16H18FN3O2.C15H17N3O3.Na/c1-14(2)35-21-11-25-18(10-20(21)31-12-19(26-13-31)15-6-7-15)24(33)27-17-5-3-4-16-22(17)34-9-8-32-23(16)28-29-30-32;1-2-3-6-22-16(21)13-7-15(12(17)8-18-13)20-9-14(19-10-20)11-4-5-11;1-9(2)21-14-6-16-11(15(19)20)5-13(14)18-7-12(17-8-18)10-3-4-10;/h3-5,10-15H,6-9H2,1-2H3,(H,27,33);7-11H,2-6H2,1H3;5-10H,3-4H2,1-2H3,(H,19,20);/q;;;+1/p-1. The van der Waals surface area contributed by atoms with Crippen LogP contribution in [0.15, 0.2) is 92.6 Å². The number of carboxylic acid groups (broad SMARTS) is 1. The molecule has 24 heteroatoms. The number of hydrogen-bond acceptors (Lipinski definition) is 17. The monoisotopic (exact) mass is 1080 g/mol. The summed E-state index contributed by atoms with van der Waals surface area (Å²) in [4.78, 5) is 61.4. The van der Waals surface area contributed by atoms with Gasteiger partial charge in [0, 0.05) is 36.3 Å². The van der Waals surface area contributed by atoms with Crippen LogP contribution in [-0.4, -0.2) is 107 Å². The van der Waals surface area contributed by atoms with Crippen LogP contribution in [0, 0.1) is 5.82 Å². The molecule has 0 unspecified atom stereocenters. The first-order valence-corrected chi connectivity index (χ1v) is 26.1. The van der Waals surface area contributed by atoms with E-state index in [-0.39, 0.29) is 70.4 Å². The van der Waals surface area contributed by atoms with Gasteiger partial charge in [-0.05, 0) is 113 Å². The summed E-state index contributed by atoms with van der Waals surface area (Å²) in [6.07, 6.45) is 23.3. The number of benzene rings is 1. The Kier molecular flexibility index (Phi) is 17.6. The van der Waals surface area contributed by atoms with E-state index in [0.717, 1.165) is 74.6 Å². The predicted octanol–water partition coefficient (Wildman–Crippen LogP) is 4.77. The maximum atomic E-state index is 14.0. The molecule has 3 fully saturated rings. The van der Waals surface area contributed by atoms with Crippen molar-refractivity contribution in [3.8, 4) is 45.7 Å². The van der Waals surface area contributed by atoms with Crippen LogP contribution in [0.5, 0.6) is 17.2 Å². The molecule has 0 saturated heterocycles. The molecule has 0 spiro atoms. The first kappa shape index (κ1) is 55.9. The van der Waals surface area contributed by atoms with E-state index in [1.807, 2.05) is 69.9 Å². The average Bonchev–Trinajstić information content (AvgIpc) is 4.48. The molecule has 8 heterocycles. The number of unbranched alkanes of at least 4 members (excludes halogenated alkanes) is 1. The van der Waals surface area contributed by atoms with E-state index in [9.17, 15) is 23.9 Å². The third-order valence-corrected chi connectivity index (χ3v) is 12.9. The van der Waals surface area contributed by atoms with Crippen molar-refractivity contribution in [2.24, 2.45) is 0 Å². The average molecular weight is 1090 g/mol. The SMILES string of the molecule is CC(C)Oc1cnc(C(=O)Nc2cccc3c2OCCn2nnnc2-3)cc1-n1cnc(C2CC2)c1.CC(C)Oc1cnc(C(=O)[O-])cc1-n1cnc(C2CC2)c1.CCCCOC(=O)c1cc(-n2cnc(C3CC3)c2)c(F)cn1.[Na+]. The van der Waals surface area contributed by atoms with E-state index in [1.54, 1.807) is 51.1 Å². The maximum absolute atomic E-state index is 14.0. The first-order chi connectivity index (χ1) is 37.8. The molecule has 8 aromatic rings. The van der Waals surface area contributed by atoms with Gasteiger partial charge in [-0.1, -0.05) is 19.4 Å². The largest absolute Gasteiger partial charge is 1.00 e. The summed E-state index contributed by atoms with van der Waals surface area (Å²) < 4.78 is 43.6. The van der Waals surface area contributed by atoms with Crippen molar-refractivity contribution < 1.29 is 72.4 Å². The van der Waals surface area contributed by atoms with E-state index < -0.39 is 17.8 Å². The van der Waals surface area contributed by atoms with Crippen molar-refractivity contribution >= 4 is 23.5 Å². The summed E-state index contributed by atoms with van der Waals surface area (Å²) in [6.45, 7) is 11.0. The molecule has 1 aliphatic heterocycles. The Balaban J connectivity index is 0.000000150. The molecule has 4 aliphatic rings. The predicted molar refractivity (Wildman–Crippen MR) is 278 cm³/mol. The van der Waals surface area contributed by atoms with Gasteiger partial charge in [0.25, 0.3) is 5.91 Å². The fraction of sp³-hybridized carbons (Fsp3) is 0.382. The van der Waals surface area contributed by atoms with Crippen LogP contribution in [-0.2, 0) is 11.3 Å². The number of carbonyl (C=O) groups excluding carboxylic acids is 3. The Labute approximate surface area is 476 Å². The normalized spacial score (nSPS) is 14.2. The van der Waals surface area contributed by atoms with Gasteiger partial charge in [0.15, 0.2) is 34.6 Å². The fourth-order valence-electron chi connectivity index (χ4n) is 8.43. The van der Waals surface area contributed by atoms with Gasteiger partial charge in [0.1, 0.15) is 12.3 Å². The zero-order valence-electron chi connectivity index (χ0n) is 44.8. The van der Waals surface area contributed by atoms with Crippen LogP contribution in [0.4, 0.5) is 10.1 Å². The molecule has 12 rings (SSSR count). The Hall–Kier alpha value is -7.89. The number of esters is 1. The molecule has 404 valence electrons. The molecule has 22 nitrogen and oxygen atoms in total. The molecule has 0 atom stereocenters. The number of rotatable bonds is 17. The van der Waals surface area contributed by atoms with Crippen LogP contribution in [0.25, 0.3) is 28.5 Å². The molecule has 7 aromatic heterocycles. The van der Waals surface area contributed by atoms with Gasteiger partial charge in [-0.3, -0.25) is 9.78 Å². The number of amides is 1. The maximum Gasteiger partial charge on any atom is 1.00 e. The van der Waals surface area contributed by atoms with Crippen molar-refractivity contribution in [2.45, 2.75) is 122 Å². The van der Waals surface area contributed by atoms with Crippen LogP contribution < -0.4 is 54.2 Å². The number of tetrazole rings is 1. The summed E-state index contributed by atoms with van der Waals surface area (Å²) in [5, 5.41) is 25.8. The number of pyridine rings is 3. The van der Waals surface area contributed by atoms with Crippen LogP contribution in [0.1, 0.15) is 152 Å². The van der Waals surface area contributed by atoms with Crippen LogP contribution >= 0.6 is 0 Å². The smallest absolute Gasteiger partial charge is 0.543 e. The van der Waals surface area contributed by atoms with Gasteiger partial charge < -0.3 is 47.9 Å². The summed E-state index contributed by atoms with van der Waals surface area (Å²) >= 11 is 0. The molecule has 1 aromatic carbocycles. The molecule has 1 N–H and O–H groups in total. The summed E-state index contributed by atoms with van der Waals surface area (Å²) in [6, 6.07) is 10.0. The number of hydrogen-bond donors (Lipinski definition) is 1. The zero-order chi connectivity index (χ0) is 54.5. The number of carbonyl (C=O) groups is 3. The molecule has 3 saturated carbocycles. The number of nitrogens with one attached hydrogen (secondary N) is 1. The summed E-state index contributed by atoms with van der Waals surface area (Å²) in [5.41, 5.74) is 6.08. The zero-order valence-corrected chi connectivity index (χ0v) is 46.8. The quantitative estimate of drug-likeness (QED) is 0.0732. The van der Waals surface area contributed by atoms with E-state index in [1.165, 1.54) is 18.3 Å². The topological polar surface area (TPSA) is 259 Å². The Bertz CT molecular complexity index is 3450. The number of ether oxygens (including phenoxy) is 4. The van der Waals surface area contributed by atoms with Gasteiger partial charge in [-0.2, -0.15) is 0 Å². The molecule has 0 bridgehead atoms. The molecular weight excluding hydrogens is 1030 g/mol. The number of anilines is 1. The van der Waals surface area contributed by atoms with Crippen molar-refractivity contribution in [2.75, 3.05) is 18.5 Å². The van der Waals surface area contributed by atoms with Gasteiger partial charge in [0.05, 0.1) is 120 Å². The molecule has 3 aliphatic carbocycles. The number of aromatic carboxylic acids is 1. The number of nitrogens with zero attached hydrogens (tertiary/aromatic N) is 13. The van der Waals surface area contributed by atoms with E-state index in [4.69, 9.17) is 18.9 Å². The van der Waals surface area contributed by atoms with E-state index >= 15 is 0 Å². The minimum Gasteiger partial charge on any atom is -0.543 e. The first-order valence-electron chi connectivity index (χ1n) is 26.1. The van der Waals surface area contributed by atoms with Crippen molar-refractivity contribution in [3.05, 3.63) is 133 Å². The fourth-order valence-corrected chi connectivity index (χ4v) is 8.43. The second kappa shape index (κ2) is 24.8. The third kappa shape index (κ3) is 13.7.